The van der Waals surface area contributed by atoms with Gasteiger partial charge in [0.1, 0.15) is 0 Å². The van der Waals surface area contributed by atoms with Crippen LogP contribution in [0.1, 0.15) is 43.0 Å². The molecule has 0 N–H and O–H groups in total. The largest absolute Gasteiger partial charge is 0.328 e. The van der Waals surface area contributed by atoms with Crippen LogP contribution in [-0.4, -0.2) is 31.1 Å². The predicted octanol–water partition coefficient (Wildman–Crippen LogP) is 6.77. The SMILES string of the molecule is Cc1ccc(S(=O)(=O)OC2N(CP(c3ccccc3)C(C)(C)C)C=CN2c2c(C)cc(C)cc2C)cc1. The molecule has 0 aliphatic carbocycles. The maximum atomic E-state index is 13.5. The molecule has 3 aromatic carbocycles. The Morgan fingerprint density at radius 1 is 0.838 bits per heavy atom. The molecule has 0 amide bonds. The predicted molar refractivity (Wildman–Crippen MR) is 155 cm³/mol. The molecule has 37 heavy (non-hydrogen) atoms. The molecular formula is C30H37N2O3PS. The van der Waals surface area contributed by atoms with Gasteiger partial charge in [-0.25, -0.2) is 4.18 Å². The third kappa shape index (κ3) is 6.09. The van der Waals surface area contributed by atoms with E-state index in [1.54, 1.807) is 24.3 Å². The van der Waals surface area contributed by atoms with Crippen molar-refractivity contribution in [2.45, 2.75) is 64.9 Å². The number of rotatable bonds is 7. The number of aryl methyl sites for hydroxylation is 4. The summed E-state index contributed by atoms with van der Waals surface area (Å²) in [7, 11) is -4.69. The van der Waals surface area contributed by atoms with Gasteiger partial charge in [0.15, 0.2) is 0 Å². The maximum absolute atomic E-state index is 13.5. The lowest BCUT2D eigenvalue weighted by molar-refractivity contribution is 0.0988. The monoisotopic (exact) mass is 536 g/mol. The van der Waals surface area contributed by atoms with Crippen LogP contribution in [0.5, 0.6) is 0 Å². The van der Waals surface area contributed by atoms with Gasteiger partial charge in [-0.05, 0) is 69.3 Å². The van der Waals surface area contributed by atoms with Crippen LogP contribution in [0.15, 0.2) is 84.0 Å². The van der Waals surface area contributed by atoms with E-state index < -0.39 is 24.4 Å². The van der Waals surface area contributed by atoms with Gasteiger partial charge in [-0.1, -0.05) is 86.5 Å². The highest BCUT2D eigenvalue weighted by molar-refractivity contribution is 7.86. The Hall–Kier alpha value is -2.66. The fraction of sp³-hybridized carbons (Fsp3) is 0.333. The summed E-state index contributed by atoms with van der Waals surface area (Å²) < 4.78 is 33.1. The summed E-state index contributed by atoms with van der Waals surface area (Å²) in [6.07, 6.45) is 3.75. The first-order chi connectivity index (χ1) is 17.4. The molecule has 1 heterocycles. The van der Waals surface area contributed by atoms with Crippen molar-refractivity contribution in [2.24, 2.45) is 0 Å². The van der Waals surface area contributed by atoms with Crippen LogP contribution in [-0.2, 0) is 14.3 Å². The normalized spacial score (nSPS) is 16.9. The molecule has 2 unspecified atom stereocenters. The average Bonchev–Trinajstić information content (AvgIpc) is 3.18. The molecule has 0 radical (unpaired) electrons. The van der Waals surface area contributed by atoms with Crippen LogP contribution in [0.4, 0.5) is 5.69 Å². The van der Waals surface area contributed by atoms with E-state index in [2.05, 4.69) is 77.9 Å². The topological polar surface area (TPSA) is 49.9 Å². The number of hydrogen-bond acceptors (Lipinski definition) is 5. The average molecular weight is 537 g/mol. The Kier molecular flexibility index (Phi) is 7.85. The van der Waals surface area contributed by atoms with Crippen molar-refractivity contribution in [2.75, 3.05) is 11.2 Å². The van der Waals surface area contributed by atoms with Crippen LogP contribution >= 0.6 is 7.92 Å². The van der Waals surface area contributed by atoms with Crippen LogP contribution in [0, 0.1) is 27.7 Å². The Morgan fingerprint density at radius 3 is 2.00 bits per heavy atom. The third-order valence-electron chi connectivity index (χ3n) is 6.54. The Labute approximate surface area is 223 Å². The summed E-state index contributed by atoms with van der Waals surface area (Å²) in [6.45, 7) is 14.9. The van der Waals surface area contributed by atoms with Crippen LogP contribution in [0.3, 0.4) is 0 Å². The summed E-state index contributed by atoms with van der Waals surface area (Å²) in [5, 5.41) is 1.29. The molecule has 0 aromatic heterocycles. The van der Waals surface area contributed by atoms with E-state index in [1.165, 1.54) is 10.9 Å². The lowest BCUT2D eigenvalue weighted by Crippen LogP contribution is -2.44. The van der Waals surface area contributed by atoms with Gasteiger partial charge in [0, 0.05) is 18.7 Å². The van der Waals surface area contributed by atoms with E-state index in [4.69, 9.17) is 4.18 Å². The third-order valence-corrected chi connectivity index (χ3v) is 11.0. The molecule has 3 aromatic rings. The number of hydrogen-bond donors (Lipinski definition) is 0. The first-order valence-corrected chi connectivity index (χ1v) is 15.4. The van der Waals surface area contributed by atoms with Gasteiger partial charge in [-0.2, -0.15) is 8.42 Å². The van der Waals surface area contributed by atoms with Crippen molar-refractivity contribution in [1.29, 1.82) is 0 Å². The molecule has 7 heteroatoms. The highest BCUT2D eigenvalue weighted by Crippen LogP contribution is 2.50. The van der Waals surface area contributed by atoms with Crippen molar-refractivity contribution < 1.29 is 12.6 Å². The molecule has 1 aliphatic heterocycles. The lowest BCUT2D eigenvalue weighted by atomic mass is 10.0. The van der Waals surface area contributed by atoms with Gasteiger partial charge in [0.2, 0.25) is 6.35 Å². The van der Waals surface area contributed by atoms with E-state index in [0.717, 1.165) is 22.4 Å². The number of benzene rings is 3. The Morgan fingerprint density at radius 2 is 1.43 bits per heavy atom. The van der Waals surface area contributed by atoms with Crippen LogP contribution in [0.2, 0.25) is 0 Å². The van der Waals surface area contributed by atoms with Crippen molar-refractivity contribution >= 4 is 29.0 Å². The zero-order chi connectivity index (χ0) is 27.0. The van der Waals surface area contributed by atoms with Gasteiger partial charge in [0.05, 0.1) is 10.6 Å². The molecule has 0 spiro atoms. The summed E-state index contributed by atoms with van der Waals surface area (Å²) in [5.41, 5.74) is 5.28. The molecule has 4 rings (SSSR count). The Balaban J connectivity index is 1.75. The molecule has 0 fully saturated rings. The summed E-state index contributed by atoms with van der Waals surface area (Å²) in [5.74, 6) is 0. The van der Waals surface area contributed by atoms with Gasteiger partial charge in [-0.3, -0.25) is 0 Å². The molecular weight excluding hydrogens is 499 g/mol. The summed E-state index contributed by atoms with van der Waals surface area (Å²) >= 11 is 0. The Bertz CT molecular complexity index is 1360. The van der Waals surface area contributed by atoms with Crippen molar-refractivity contribution in [3.8, 4) is 0 Å². The minimum atomic E-state index is -4.02. The van der Waals surface area contributed by atoms with E-state index >= 15 is 0 Å². The number of nitrogens with zero attached hydrogens (tertiary/aromatic N) is 2. The zero-order valence-electron chi connectivity index (χ0n) is 22.8. The molecule has 196 valence electrons. The molecule has 5 nitrogen and oxygen atoms in total. The first-order valence-electron chi connectivity index (χ1n) is 12.5. The quantitative estimate of drug-likeness (QED) is 0.247. The zero-order valence-corrected chi connectivity index (χ0v) is 24.5. The van der Waals surface area contributed by atoms with Gasteiger partial charge in [0.25, 0.3) is 10.1 Å². The highest BCUT2D eigenvalue weighted by Gasteiger charge is 2.38. The van der Waals surface area contributed by atoms with E-state index in [0.29, 0.717) is 6.29 Å². The summed E-state index contributed by atoms with van der Waals surface area (Å²) in [6, 6.07) is 21.5. The first kappa shape index (κ1) is 27.4. The van der Waals surface area contributed by atoms with Crippen LogP contribution in [0.25, 0.3) is 0 Å². The van der Waals surface area contributed by atoms with Crippen molar-refractivity contribution in [3.63, 3.8) is 0 Å². The minimum Gasteiger partial charge on any atom is -0.328 e. The molecule has 2 atom stereocenters. The van der Waals surface area contributed by atoms with E-state index in [-0.39, 0.29) is 10.1 Å². The number of anilines is 1. The van der Waals surface area contributed by atoms with Crippen molar-refractivity contribution in [1.82, 2.24) is 4.90 Å². The van der Waals surface area contributed by atoms with Gasteiger partial charge in [-0.15, -0.1) is 0 Å². The molecule has 0 saturated heterocycles. The van der Waals surface area contributed by atoms with E-state index in [1.807, 2.05) is 35.2 Å². The standard InChI is InChI=1S/C30H37N2O3PS/c1-22-13-15-27(16-14-22)37(33,34)35-29-31(21-36(30(5,6)7)26-11-9-8-10-12-26)17-18-32(29)28-24(3)19-23(2)20-25(28)4/h8-20,29H,21H2,1-7H3. The smallest absolute Gasteiger partial charge is 0.300 e. The van der Waals surface area contributed by atoms with Gasteiger partial charge >= 0.3 is 0 Å². The van der Waals surface area contributed by atoms with E-state index in [9.17, 15) is 8.42 Å². The van der Waals surface area contributed by atoms with Crippen LogP contribution < -0.4 is 10.2 Å². The second-order valence-corrected chi connectivity index (χ2v) is 15.3. The fourth-order valence-electron chi connectivity index (χ4n) is 4.77. The molecule has 0 bridgehead atoms. The molecule has 0 saturated carbocycles. The second kappa shape index (κ2) is 10.6. The fourth-order valence-corrected chi connectivity index (χ4v) is 8.24. The molecule has 1 aliphatic rings. The van der Waals surface area contributed by atoms with Crippen molar-refractivity contribution in [3.05, 3.63) is 101 Å². The van der Waals surface area contributed by atoms with Gasteiger partial charge < -0.3 is 9.80 Å². The maximum Gasteiger partial charge on any atom is 0.300 e. The second-order valence-electron chi connectivity index (χ2n) is 10.7. The lowest BCUT2D eigenvalue weighted by Gasteiger charge is -2.39. The minimum absolute atomic E-state index is 0.00796. The highest BCUT2D eigenvalue weighted by atomic mass is 32.2. The summed E-state index contributed by atoms with van der Waals surface area (Å²) in [4.78, 5) is 4.15.